The maximum absolute atomic E-state index is 12.4. The second-order valence-electron chi connectivity index (χ2n) is 6.44. The van der Waals surface area contributed by atoms with Crippen molar-refractivity contribution in [3.8, 4) is 0 Å². The number of H-pyrrole nitrogens is 1. The molecule has 1 heterocycles. The summed E-state index contributed by atoms with van der Waals surface area (Å²) in [5, 5.41) is 3.89. The summed E-state index contributed by atoms with van der Waals surface area (Å²) in [6.07, 6.45) is -3.27. The fourth-order valence-electron chi connectivity index (χ4n) is 3.30. The van der Waals surface area contributed by atoms with Crippen LogP contribution in [-0.4, -0.2) is 23.1 Å². The number of hydrogen-bond acceptors (Lipinski definition) is 1. The van der Waals surface area contributed by atoms with E-state index in [0.29, 0.717) is 6.42 Å². The molecule has 7 heteroatoms. The highest BCUT2D eigenvalue weighted by molar-refractivity contribution is 9.10. The standard InChI is InChI=1S/C17H18BrF3N2O/c1-9(8-17(19,20)21)16(24)22-11-3-5-15-13(7-11)12-6-10(18)2-4-14(12)23-15/h2,4,6,9,11,23H,3,5,7-8H2,1H3,(H,22,24)/t9-,11-/m0/s1. The van der Waals surface area contributed by atoms with Gasteiger partial charge in [0.25, 0.3) is 0 Å². The van der Waals surface area contributed by atoms with Gasteiger partial charge >= 0.3 is 6.18 Å². The molecule has 0 aliphatic heterocycles. The van der Waals surface area contributed by atoms with E-state index in [9.17, 15) is 18.0 Å². The minimum atomic E-state index is -4.32. The van der Waals surface area contributed by atoms with Gasteiger partial charge < -0.3 is 10.3 Å². The highest BCUT2D eigenvalue weighted by atomic mass is 79.9. The van der Waals surface area contributed by atoms with E-state index in [0.717, 1.165) is 39.5 Å². The summed E-state index contributed by atoms with van der Waals surface area (Å²) >= 11 is 3.46. The monoisotopic (exact) mass is 402 g/mol. The number of benzene rings is 1. The van der Waals surface area contributed by atoms with E-state index >= 15 is 0 Å². The highest BCUT2D eigenvalue weighted by Crippen LogP contribution is 2.31. The third kappa shape index (κ3) is 3.77. The van der Waals surface area contributed by atoms with Crippen molar-refractivity contribution in [2.75, 3.05) is 0 Å². The van der Waals surface area contributed by atoms with Gasteiger partial charge in [-0.2, -0.15) is 13.2 Å². The van der Waals surface area contributed by atoms with Crippen LogP contribution in [0.25, 0.3) is 10.9 Å². The molecule has 2 N–H and O–H groups in total. The first-order valence-corrected chi connectivity index (χ1v) is 8.68. The lowest BCUT2D eigenvalue weighted by Crippen LogP contribution is -2.42. The van der Waals surface area contributed by atoms with E-state index in [2.05, 4.69) is 26.2 Å². The predicted molar refractivity (Wildman–Crippen MR) is 89.8 cm³/mol. The van der Waals surface area contributed by atoms with E-state index in [1.807, 2.05) is 18.2 Å². The van der Waals surface area contributed by atoms with Crippen molar-refractivity contribution in [2.24, 2.45) is 5.92 Å². The van der Waals surface area contributed by atoms with Crippen molar-refractivity contribution in [2.45, 2.75) is 44.8 Å². The average molecular weight is 403 g/mol. The Balaban J connectivity index is 1.72. The fraction of sp³-hybridized carbons (Fsp3) is 0.471. The van der Waals surface area contributed by atoms with Gasteiger partial charge in [-0.3, -0.25) is 4.79 Å². The Kier molecular flexibility index (Phi) is 4.64. The molecule has 0 fully saturated rings. The molecule has 0 saturated carbocycles. The molecule has 1 aromatic carbocycles. The van der Waals surface area contributed by atoms with Gasteiger partial charge in [-0.1, -0.05) is 22.9 Å². The minimum absolute atomic E-state index is 0.126. The molecule has 1 aromatic heterocycles. The van der Waals surface area contributed by atoms with Crippen LogP contribution in [0.2, 0.25) is 0 Å². The number of amides is 1. The first-order valence-electron chi connectivity index (χ1n) is 7.89. The van der Waals surface area contributed by atoms with Gasteiger partial charge in [0.05, 0.1) is 6.42 Å². The van der Waals surface area contributed by atoms with E-state index in [4.69, 9.17) is 0 Å². The molecule has 0 spiro atoms. The summed E-state index contributed by atoms with van der Waals surface area (Å²) in [7, 11) is 0. The normalized spacial score (nSPS) is 19.1. The van der Waals surface area contributed by atoms with Crippen molar-refractivity contribution in [1.29, 1.82) is 0 Å². The number of carbonyl (C=O) groups is 1. The lowest BCUT2D eigenvalue weighted by Gasteiger charge is -2.25. The van der Waals surface area contributed by atoms with Crippen LogP contribution in [0.1, 0.15) is 31.0 Å². The number of fused-ring (bicyclic) bond motifs is 3. The molecule has 3 nitrogen and oxygen atoms in total. The van der Waals surface area contributed by atoms with E-state index in [1.54, 1.807) is 0 Å². The zero-order valence-corrected chi connectivity index (χ0v) is 14.7. The summed E-state index contributed by atoms with van der Waals surface area (Å²) in [6, 6.07) is 5.86. The Morgan fingerprint density at radius 3 is 2.92 bits per heavy atom. The first-order chi connectivity index (χ1) is 11.2. The lowest BCUT2D eigenvalue weighted by molar-refractivity contribution is -0.153. The largest absolute Gasteiger partial charge is 0.389 e. The number of rotatable bonds is 3. The van der Waals surface area contributed by atoms with E-state index in [-0.39, 0.29) is 6.04 Å². The van der Waals surface area contributed by atoms with Crippen LogP contribution in [0.15, 0.2) is 22.7 Å². The number of hydrogen-bond donors (Lipinski definition) is 2. The molecule has 24 heavy (non-hydrogen) atoms. The third-order valence-electron chi connectivity index (χ3n) is 4.48. The van der Waals surface area contributed by atoms with E-state index < -0.39 is 24.4 Å². The fourth-order valence-corrected chi connectivity index (χ4v) is 3.66. The first kappa shape index (κ1) is 17.3. The number of aromatic nitrogens is 1. The van der Waals surface area contributed by atoms with Crippen LogP contribution < -0.4 is 5.32 Å². The maximum Gasteiger partial charge on any atom is 0.389 e. The maximum atomic E-state index is 12.4. The van der Waals surface area contributed by atoms with Gasteiger partial charge in [-0.05, 0) is 43.0 Å². The van der Waals surface area contributed by atoms with Gasteiger partial charge in [-0.15, -0.1) is 0 Å². The molecule has 2 aromatic rings. The van der Waals surface area contributed by atoms with Crippen molar-refractivity contribution in [1.82, 2.24) is 10.3 Å². The molecule has 130 valence electrons. The molecule has 1 amide bonds. The Morgan fingerprint density at radius 2 is 2.21 bits per heavy atom. The lowest BCUT2D eigenvalue weighted by atomic mass is 9.91. The van der Waals surface area contributed by atoms with Crippen LogP contribution in [0, 0.1) is 5.92 Å². The Bertz CT molecular complexity index is 769. The van der Waals surface area contributed by atoms with Gasteiger partial charge in [0.2, 0.25) is 5.91 Å². The van der Waals surface area contributed by atoms with Gasteiger partial charge in [0.1, 0.15) is 0 Å². The number of aryl methyl sites for hydroxylation is 1. The Hall–Kier alpha value is -1.50. The number of aromatic amines is 1. The zero-order valence-electron chi connectivity index (χ0n) is 13.1. The number of carbonyl (C=O) groups excluding carboxylic acids is 1. The van der Waals surface area contributed by atoms with E-state index in [1.165, 1.54) is 6.92 Å². The summed E-state index contributed by atoms with van der Waals surface area (Å²) in [5.74, 6) is -1.59. The highest BCUT2D eigenvalue weighted by Gasteiger charge is 2.34. The zero-order chi connectivity index (χ0) is 17.5. The Labute approximate surface area is 146 Å². The van der Waals surface area contributed by atoms with Crippen LogP contribution in [-0.2, 0) is 17.6 Å². The molecular weight excluding hydrogens is 385 g/mol. The summed E-state index contributed by atoms with van der Waals surface area (Å²) in [5.41, 5.74) is 3.34. The van der Waals surface area contributed by atoms with Crippen LogP contribution in [0.3, 0.4) is 0 Å². The molecule has 0 unspecified atom stereocenters. The molecule has 0 saturated heterocycles. The molecule has 1 aliphatic carbocycles. The van der Waals surface area contributed by atoms with Gasteiger partial charge in [0.15, 0.2) is 0 Å². The van der Waals surface area contributed by atoms with Crippen molar-refractivity contribution < 1.29 is 18.0 Å². The summed E-state index contributed by atoms with van der Waals surface area (Å²) < 4.78 is 38.2. The molecule has 2 atom stereocenters. The number of alkyl halides is 3. The van der Waals surface area contributed by atoms with Crippen LogP contribution in [0.4, 0.5) is 13.2 Å². The smallest absolute Gasteiger partial charge is 0.358 e. The molecular formula is C17H18BrF3N2O. The third-order valence-corrected chi connectivity index (χ3v) is 4.97. The SMILES string of the molecule is C[C@@H](CC(F)(F)F)C(=O)N[C@H]1CCc2[nH]c3ccc(Br)cc3c2C1. The number of nitrogens with one attached hydrogen (secondary N) is 2. The molecule has 0 radical (unpaired) electrons. The van der Waals surface area contributed by atoms with Gasteiger partial charge in [-0.25, -0.2) is 0 Å². The Morgan fingerprint density at radius 1 is 1.46 bits per heavy atom. The average Bonchev–Trinajstić information content (AvgIpc) is 2.83. The quantitative estimate of drug-likeness (QED) is 0.780. The van der Waals surface area contributed by atoms with Crippen molar-refractivity contribution >= 4 is 32.7 Å². The topological polar surface area (TPSA) is 44.9 Å². The molecule has 0 bridgehead atoms. The van der Waals surface area contributed by atoms with Crippen molar-refractivity contribution in [3.05, 3.63) is 33.9 Å². The second kappa shape index (κ2) is 6.43. The summed E-state index contributed by atoms with van der Waals surface area (Å²) in [6.45, 7) is 1.32. The predicted octanol–water partition coefficient (Wildman–Crippen LogP) is 4.49. The van der Waals surface area contributed by atoms with Gasteiger partial charge in [0, 0.05) is 33.0 Å². The number of halogens is 4. The minimum Gasteiger partial charge on any atom is -0.358 e. The second-order valence-corrected chi connectivity index (χ2v) is 7.36. The summed E-state index contributed by atoms with van der Waals surface area (Å²) in [4.78, 5) is 15.4. The molecule has 3 rings (SSSR count). The van der Waals surface area contributed by atoms with Crippen LogP contribution in [0.5, 0.6) is 0 Å². The van der Waals surface area contributed by atoms with Crippen LogP contribution >= 0.6 is 15.9 Å². The van der Waals surface area contributed by atoms with Crippen molar-refractivity contribution in [3.63, 3.8) is 0 Å². The molecule has 1 aliphatic rings.